The molecule has 1 aromatic carbocycles. The van der Waals surface area contributed by atoms with Crippen LogP contribution in [-0.4, -0.2) is 61.5 Å². The van der Waals surface area contributed by atoms with Crippen LogP contribution in [0.3, 0.4) is 0 Å². The van der Waals surface area contributed by atoms with Crippen LogP contribution in [0.1, 0.15) is 44.9 Å². The van der Waals surface area contributed by atoms with Crippen molar-refractivity contribution in [2.45, 2.75) is 57.2 Å². The molecule has 1 spiro atoms. The van der Waals surface area contributed by atoms with Crippen LogP contribution in [0.4, 0.5) is 5.69 Å². The van der Waals surface area contributed by atoms with E-state index in [-0.39, 0.29) is 6.10 Å². The molecule has 3 fully saturated rings. The van der Waals surface area contributed by atoms with Crippen molar-refractivity contribution in [2.24, 2.45) is 5.41 Å². The minimum atomic E-state index is -0.348. The van der Waals surface area contributed by atoms with E-state index in [1.54, 1.807) is 0 Å². The van der Waals surface area contributed by atoms with E-state index in [0.717, 1.165) is 32.7 Å². The van der Waals surface area contributed by atoms with Crippen LogP contribution in [0.5, 0.6) is 0 Å². The molecule has 0 amide bonds. The number of hydrogen-bond donors (Lipinski definition) is 1. The van der Waals surface area contributed by atoms with Gasteiger partial charge in [-0.25, -0.2) is 0 Å². The molecule has 1 N–H and O–H groups in total. The van der Waals surface area contributed by atoms with Gasteiger partial charge in [-0.05, 0) is 44.4 Å². The second kappa shape index (κ2) is 8.28. The van der Waals surface area contributed by atoms with Crippen LogP contribution in [0.25, 0.3) is 0 Å². The van der Waals surface area contributed by atoms with Crippen molar-refractivity contribution >= 4 is 5.69 Å². The third-order valence-corrected chi connectivity index (χ3v) is 6.62. The number of aliphatic hydroxyl groups is 1. The van der Waals surface area contributed by atoms with Crippen LogP contribution in [0, 0.1) is 5.41 Å². The Bertz CT molecular complexity index is 561. The lowest BCUT2D eigenvalue weighted by molar-refractivity contribution is -0.0321. The molecule has 1 unspecified atom stereocenters. The lowest BCUT2D eigenvalue weighted by Crippen LogP contribution is -2.37. The summed E-state index contributed by atoms with van der Waals surface area (Å²) in [5, 5.41) is 10.4. The lowest BCUT2D eigenvalue weighted by Gasteiger charge is -2.27. The molecule has 2 aliphatic heterocycles. The third kappa shape index (κ3) is 4.41. The fourth-order valence-electron chi connectivity index (χ4n) is 5.14. The van der Waals surface area contributed by atoms with E-state index in [1.807, 2.05) is 0 Å². The molecule has 0 bridgehead atoms. The van der Waals surface area contributed by atoms with E-state index >= 15 is 0 Å². The van der Waals surface area contributed by atoms with Crippen molar-refractivity contribution in [1.29, 1.82) is 0 Å². The average Bonchev–Trinajstić information content (AvgIpc) is 3.28. The molecule has 4 nitrogen and oxygen atoms in total. The van der Waals surface area contributed by atoms with Gasteiger partial charge in [0, 0.05) is 37.3 Å². The van der Waals surface area contributed by atoms with Gasteiger partial charge in [-0.3, -0.25) is 0 Å². The highest BCUT2D eigenvalue weighted by Gasteiger charge is 2.43. The molecule has 4 rings (SSSR count). The lowest BCUT2D eigenvalue weighted by atomic mass is 9.86. The summed E-state index contributed by atoms with van der Waals surface area (Å²) in [5.41, 5.74) is 1.77. The van der Waals surface area contributed by atoms with Crippen molar-refractivity contribution < 1.29 is 9.84 Å². The van der Waals surface area contributed by atoms with Crippen molar-refractivity contribution in [2.75, 3.05) is 44.2 Å². The normalized spacial score (nSPS) is 28.9. The number of nitrogens with zero attached hydrogens (tertiary/aromatic N) is 2. The maximum Gasteiger partial charge on any atom is 0.0900 e. The fraction of sp³-hybridized carbons (Fsp3) is 0.727. The molecular formula is C22H34N2O2. The molecule has 144 valence electrons. The van der Waals surface area contributed by atoms with Crippen LogP contribution in [0.2, 0.25) is 0 Å². The molecule has 4 heteroatoms. The maximum atomic E-state index is 10.4. The van der Waals surface area contributed by atoms with Gasteiger partial charge in [-0.2, -0.15) is 0 Å². The predicted octanol–water partition coefficient (Wildman–Crippen LogP) is 3.30. The summed E-state index contributed by atoms with van der Waals surface area (Å²) >= 11 is 0. The molecule has 2 heterocycles. The number of anilines is 1. The minimum Gasteiger partial charge on any atom is -0.389 e. The number of para-hydroxylation sites is 1. The fourth-order valence-corrected chi connectivity index (χ4v) is 5.14. The summed E-state index contributed by atoms with van der Waals surface area (Å²) in [6.45, 7) is 5.82. The molecule has 26 heavy (non-hydrogen) atoms. The van der Waals surface area contributed by atoms with Gasteiger partial charge in [0.1, 0.15) is 0 Å². The van der Waals surface area contributed by atoms with E-state index in [2.05, 4.69) is 40.1 Å². The van der Waals surface area contributed by atoms with E-state index in [1.165, 1.54) is 50.6 Å². The van der Waals surface area contributed by atoms with E-state index < -0.39 is 0 Å². The molecular weight excluding hydrogens is 324 g/mol. The van der Waals surface area contributed by atoms with Gasteiger partial charge in [0.15, 0.2) is 0 Å². The number of hydrogen-bond acceptors (Lipinski definition) is 4. The summed E-state index contributed by atoms with van der Waals surface area (Å²) in [5.74, 6) is 0. The van der Waals surface area contributed by atoms with Crippen LogP contribution in [-0.2, 0) is 4.74 Å². The first kappa shape index (κ1) is 18.3. The molecule has 1 aliphatic carbocycles. The Morgan fingerprint density at radius 1 is 1.04 bits per heavy atom. The van der Waals surface area contributed by atoms with Crippen molar-refractivity contribution in [3.63, 3.8) is 0 Å². The number of rotatable bonds is 6. The van der Waals surface area contributed by atoms with Crippen molar-refractivity contribution in [3.05, 3.63) is 30.3 Å². The zero-order valence-corrected chi connectivity index (χ0v) is 16.0. The summed E-state index contributed by atoms with van der Waals surface area (Å²) in [7, 11) is 0. The number of β-amino-alcohol motifs (C(OH)–C–C–N with tert-alkyl or cyclic N) is 1. The summed E-state index contributed by atoms with van der Waals surface area (Å²) in [6.07, 6.45) is 8.83. The number of likely N-dealkylation sites (tertiary alicyclic amines) is 1. The molecule has 0 aromatic heterocycles. The van der Waals surface area contributed by atoms with Crippen molar-refractivity contribution in [3.8, 4) is 0 Å². The maximum absolute atomic E-state index is 10.4. The second-order valence-electron chi connectivity index (χ2n) is 8.74. The summed E-state index contributed by atoms with van der Waals surface area (Å²) in [4.78, 5) is 5.00. The van der Waals surface area contributed by atoms with Crippen LogP contribution >= 0.6 is 0 Å². The third-order valence-electron chi connectivity index (χ3n) is 6.62. The second-order valence-corrected chi connectivity index (χ2v) is 8.74. The Kier molecular flexibility index (Phi) is 5.82. The number of ether oxygens (including phenoxy) is 1. The smallest absolute Gasteiger partial charge is 0.0900 e. The molecule has 1 saturated carbocycles. The Balaban J connectivity index is 1.22. The number of aliphatic hydroxyl groups excluding tert-OH is 1. The van der Waals surface area contributed by atoms with Gasteiger partial charge < -0.3 is 19.6 Å². The highest BCUT2D eigenvalue weighted by molar-refractivity contribution is 5.47. The average molecular weight is 359 g/mol. The Hall–Kier alpha value is -1.10. The molecule has 3 aliphatic rings. The van der Waals surface area contributed by atoms with Gasteiger partial charge in [0.25, 0.3) is 0 Å². The van der Waals surface area contributed by atoms with Gasteiger partial charge in [-0.1, -0.05) is 37.5 Å². The first-order chi connectivity index (χ1) is 12.7. The van der Waals surface area contributed by atoms with Crippen molar-refractivity contribution in [1.82, 2.24) is 4.90 Å². The zero-order chi connectivity index (χ0) is 17.8. The first-order valence-corrected chi connectivity index (χ1v) is 10.5. The standard InChI is InChI=1S/C22H34N2O2/c25-20(16-26-21-9-5-2-6-10-21)15-23-13-11-22(17-23)12-14-24(18-22)19-7-3-1-4-8-19/h1,3-4,7-8,20-21,25H,2,5-6,9-18H2/t20-,22?/m0/s1. The van der Waals surface area contributed by atoms with E-state index in [0.29, 0.717) is 18.1 Å². The highest BCUT2D eigenvalue weighted by atomic mass is 16.5. The Morgan fingerprint density at radius 2 is 1.81 bits per heavy atom. The van der Waals surface area contributed by atoms with Gasteiger partial charge in [0.05, 0.1) is 18.8 Å². The minimum absolute atomic E-state index is 0.348. The zero-order valence-electron chi connectivity index (χ0n) is 16.0. The SMILES string of the molecule is O[C@H](COC1CCCCC1)CN1CCC2(CCN(c3ccccc3)C2)C1. The summed E-state index contributed by atoms with van der Waals surface area (Å²) < 4.78 is 5.96. The molecule has 2 atom stereocenters. The molecule has 1 aromatic rings. The van der Waals surface area contributed by atoms with Crippen LogP contribution in [0.15, 0.2) is 30.3 Å². The highest BCUT2D eigenvalue weighted by Crippen LogP contribution is 2.41. The molecule has 2 saturated heterocycles. The Morgan fingerprint density at radius 3 is 2.62 bits per heavy atom. The largest absolute Gasteiger partial charge is 0.389 e. The monoisotopic (exact) mass is 358 g/mol. The van der Waals surface area contributed by atoms with Gasteiger partial charge >= 0.3 is 0 Å². The predicted molar refractivity (Wildman–Crippen MR) is 106 cm³/mol. The van der Waals surface area contributed by atoms with Gasteiger partial charge in [0.2, 0.25) is 0 Å². The van der Waals surface area contributed by atoms with Gasteiger partial charge in [-0.15, -0.1) is 0 Å². The summed E-state index contributed by atoms with van der Waals surface area (Å²) in [6, 6.07) is 10.8. The molecule has 0 radical (unpaired) electrons. The van der Waals surface area contributed by atoms with E-state index in [9.17, 15) is 5.11 Å². The Labute approximate surface area is 158 Å². The van der Waals surface area contributed by atoms with Crippen LogP contribution < -0.4 is 4.90 Å². The van der Waals surface area contributed by atoms with E-state index in [4.69, 9.17) is 4.74 Å². The number of benzene rings is 1. The quantitative estimate of drug-likeness (QED) is 0.846. The first-order valence-electron chi connectivity index (χ1n) is 10.5. The topological polar surface area (TPSA) is 35.9 Å².